The molecule has 0 amide bonds. The van der Waals surface area contributed by atoms with Crippen molar-refractivity contribution < 1.29 is 9.92 Å². The summed E-state index contributed by atoms with van der Waals surface area (Å²) in [5, 5.41) is 8.78. The number of nitrogens with one attached hydrogen (secondary N) is 1. The lowest BCUT2D eigenvalue weighted by molar-refractivity contribution is -0.767. The van der Waals surface area contributed by atoms with Crippen molar-refractivity contribution in [3.05, 3.63) is 34.6 Å². The number of H-pyrrole nitrogens is 1. The van der Waals surface area contributed by atoms with Gasteiger partial charge in [-0.05, 0) is 25.5 Å². The van der Waals surface area contributed by atoms with E-state index in [2.05, 4.69) is 9.82 Å². The van der Waals surface area contributed by atoms with Crippen LogP contribution in [0, 0.1) is 10.1 Å². The molecule has 74 valence electrons. The van der Waals surface area contributed by atoms with Crippen LogP contribution in [0.4, 0.5) is 0 Å². The van der Waals surface area contributed by atoms with E-state index in [9.17, 15) is 10.1 Å². The monoisotopic (exact) mass is 186 g/mol. The molecule has 13 heavy (non-hydrogen) atoms. The fraction of sp³-hybridized carbons (Fsp3) is 0.500. The van der Waals surface area contributed by atoms with E-state index in [1.54, 1.807) is 6.92 Å². The smallest absolute Gasteiger partial charge is 0.294 e. The Morgan fingerprint density at radius 2 is 2.08 bits per heavy atom. The number of aromatic amines is 1. The zero-order valence-electron chi connectivity index (χ0n) is 7.77. The largest absolute Gasteiger partial charge is 0.368 e. The molecule has 0 bridgehead atoms. The molecule has 0 aliphatic rings. The van der Waals surface area contributed by atoms with Crippen molar-refractivity contribution in [1.82, 2.24) is 4.98 Å². The third-order valence-electron chi connectivity index (χ3n) is 1.34. The zero-order chi connectivity index (χ0) is 10.1. The normalized spacial score (nSPS) is 10.9. The number of hydrogen-bond donors (Lipinski definition) is 1. The lowest BCUT2D eigenvalue weighted by Crippen LogP contribution is -2.11. The van der Waals surface area contributed by atoms with Crippen LogP contribution in [0.3, 0.4) is 0 Å². The second-order valence-electron chi connectivity index (χ2n) is 2.43. The lowest BCUT2D eigenvalue weighted by Gasteiger charge is -2.02. The summed E-state index contributed by atoms with van der Waals surface area (Å²) in [5.41, 5.74) is 0. The summed E-state index contributed by atoms with van der Waals surface area (Å²) in [7, 11) is 0. The van der Waals surface area contributed by atoms with E-state index < -0.39 is 5.09 Å². The molecule has 1 aromatic rings. The topological polar surface area (TPSA) is 68.2 Å². The summed E-state index contributed by atoms with van der Waals surface area (Å²) in [6.45, 7) is 3.48. The Balaban J connectivity index is 0.000000243. The van der Waals surface area contributed by atoms with Gasteiger partial charge in [0.15, 0.2) is 0 Å². The zero-order valence-corrected chi connectivity index (χ0v) is 7.77. The van der Waals surface area contributed by atoms with Crippen LogP contribution >= 0.6 is 0 Å². The Labute approximate surface area is 76.8 Å². The van der Waals surface area contributed by atoms with Gasteiger partial charge < -0.3 is 9.82 Å². The number of rotatable bonds is 3. The van der Waals surface area contributed by atoms with E-state index >= 15 is 0 Å². The molecule has 1 aromatic heterocycles. The Morgan fingerprint density at radius 1 is 1.54 bits per heavy atom. The van der Waals surface area contributed by atoms with E-state index in [4.69, 9.17) is 0 Å². The molecule has 0 aliphatic carbocycles. The molecular weight excluding hydrogens is 172 g/mol. The first-order valence-corrected chi connectivity index (χ1v) is 4.05. The minimum absolute atomic E-state index is 0.273. The first-order valence-electron chi connectivity index (χ1n) is 4.05. The molecule has 0 radical (unpaired) electrons. The van der Waals surface area contributed by atoms with Gasteiger partial charge in [0.1, 0.15) is 6.10 Å². The molecule has 1 atom stereocenters. The predicted molar refractivity (Wildman–Crippen MR) is 48.6 cm³/mol. The van der Waals surface area contributed by atoms with Crippen molar-refractivity contribution in [3.8, 4) is 0 Å². The van der Waals surface area contributed by atoms with Crippen LogP contribution in [0.1, 0.15) is 20.3 Å². The van der Waals surface area contributed by atoms with Gasteiger partial charge in [-0.1, -0.05) is 6.92 Å². The molecule has 1 unspecified atom stereocenters. The van der Waals surface area contributed by atoms with Crippen molar-refractivity contribution in [2.45, 2.75) is 26.4 Å². The number of nitrogens with zero attached hydrogens (tertiary/aromatic N) is 1. The molecule has 0 spiro atoms. The van der Waals surface area contributed by atoms with Gasteiger partial charge in [-0.25, -0.2) is 0 Å². The molecule has 5 nitrogen and oxygen atoms in total. The maximum Gasteiger partial charge on any atom is 0.294 e. The van der Waals surface area contributed by atoms with Gasteiger partial charge in [-0.15, -0.1) is 10.1 Å². The molecule has 0 fully saturated rings. The Morgan fingerprint density at radius 3 is 2.23 bits per heavy atom. The van der Waals surface area contributed by atoms with Crippen LogP contribution in [-0.4, -0.2) is 16.2 Å². The summed E-state index contributed by atoms with van der Waals surface area (Å²) < 4.78 is 0. The second-order valence-corrected chi connectivity index (χ2v) is 2.43. The van der Waals surface area contributed by atoms with E-state index in [1.165, 1.54) is 0 Å². The average Bonchev–Trinajstić information content (AvgIpc) is 2.59. The number of hydrogen-bond acceptors (Lipinski definition) is 3. The summed E-state index contributed by atoms with van der Waals surface area (Å²) in [6, 6.07) is 3.89. The average molecular weight is 186 g/mol. The highest BCUT2D eigenvalue weighted by molar-refractivity contribution is 4.84. The van der Waals surface area contributed by atoms with E-state index in [0.29, 0.717) is 6.42 Å². The third-order valence-corrected chi connectivity index (χ3v) is 1.34. The summed E-state index contributed by atoms with van der Waals surface area (Å²) in [5.74, 6) is 0. The molecule has 0 saturated carbocycles. The van der Waals surface area contributed by atoms with Crippen molar-refractivity contribution >= 4 is 0 Å². The van der Waals surface area contributed by atoms with E-state index in [1.807, 2.05) is 31.5 Å². The van der Waals surface area contributed by atoms with Crippen LogP contribution in [0.25, 0.3) is 0 Å². The van der Waals surface area contributed by atoms with Crippen LogP contribution in [0.5, 0.6) is 0 Å². The molecule has 1 heterocycles. The van der Waals surface area contributed by atoms with Gasteiger partial charge in [0.25, 0.3) is 5.09 Å². The first kappa shape index (κ1) is 11.5. The minimum atomic E-state index is -0.770. The van der Waals surface area contributed by atoms with Crippen LogP contribution < -0.4 is 0 Å². The first-order chi connectivity index (χ1) is 6.16. The summed E-state index contributed by atoms with van der Waals surface area (Å²) in [4.78, 5) is 16.5. The van der Waals surface area contributed by atoms with E-state index in [0.717, 1.165) is 0 Å². The Bertz CT molecular complexity index is 194. The molecular formula is C8H14N2O3. The maximum atomic E-state index is 9.55. The van der Waals surface area contributed by atoms with Crippen molar-refractivity contribution in [1.29, 1.82) is 0 Å². The summed E-state index contributed by atoms with van der Waals surface area (Å²) in [6.07, 6.45) is 4.14. The van der Waals surface area contributed by atoms with Crippen molar-refractivity contribution in [3.63, 3.8) is 0 Å². The highest BCUT2D eigenvalue weighted by Crippen LogP contribution is 1.93. The molecule has 0 saturated heterocycles. The minimum Gasteiger partial charge on any atom is -0.368 e. The van der Waals surface area contributed by atoms with Crippen LogP contribution in [0.15, 0.2) is 24.5 Å². The fourth-order valence-electron chi connectivity index (χ4n) is 0.499. The number of aromatic nitrogens is 1. The van der Waals surface area contributed by atoms with Crippen LogP contribution in [-0.2, 0) is 4.84 Å². The highest BCUT2D eigenvalue weighted by Gasteiger charge is 2.01. The molecule has 5 heteroatoms. The SMILES string of the molecule is CCC(C)O[N+](=O)[O-].c1cc[nH]c1. The van der Waals surface area contributed by atoms with E-state index in [-0.39, 0.29) is 6.10 Å². The molecule has 0 aromatic carbocycles. The summed E-state index contributed by atoms with van der Waals surface area (Å²) >= 11 is 0. The lowest BCUT2D eigenvalue weighted by atomic mass is 10.3. The van der Waals surface area contributed by atoms with Gasteiger partial charge in [0.2, 0.25) is 0 Å². The molecule has 1 N–H and O–H groups in total. The maximum absolute atomic E-state index is 9.55. The highest BCUT2D eigenvalue weighted by atomic mass is 17.0. The molecule has 0 aliphatic heterocycles. The molecule has 1 rings (SSSR count). The third kappa shape index (κ3) is 8.39. The second kappa shape index (κ2) is 7.15. The van der Waals surface area contributed by atoms with Gasteiger partial charge in [-0.3, -0.25) is 0 Å². The van der Waals surface area contributed by atoms with Gasteiger partial charge >= 0.3 is 0 Å². The van der Waals surface area contributed by atoms with Gasteiger partial charge in [0.05, 0.1) is 0 Å². The quantitative estimate of drug-likeness (QED) is 0.579. The van der Waals surface area contributed by atoms with Crippen molar-refractivity contribution in [2.24, 2.45) is 0 Å². The van der Waals surface area contributed by atoms with Crippen LogP contribution in [0.2, 0.25) is 0 Å². The Hall–Kier alpha value is -1.52. The van der Waals surface area contributed by atoms with Gasteiger partial charge in [0, 0.05) is 12.4 Å². The predicted octanol–water partition coefficient (Wildman–Crippen LogP) is 2.01. The van der Waals surface area contributed by atoms with Gasteiger partial charge in [-0.2, -0.15) is 0 Å². The standard InChI is InChI=1S/C4H9NO3.C4H5N/c1-3-4(2)8-5(6)7;1-2-4-5-3-1/h4H,3H2,1-2H3;1-5H. The fourth-order valence-corrected chi connectivity index (χ4v) is 0.499. The Kier molecular flexibility index (Phi) is 6.31. The van der Waals surface area contributed by atoms with Crippen molar-refractivity contribution in [2.75, 3.05) is 0 Å².